The summed E-state index contributed by atoms with van der Waals surface area (Å²) in [5.74, 6) is 0.707. The van der Waals surface area contributed by atoms with Crippen molar-refractivity contribution in [2.75, 3.05) is 31.6 Å². The summed E-state index contributed by atoms with van der Waals surface area (Å²) in [6.07, 6.45) is 2.16. The highest BCUT2D eigenvalue weighted by atomic mass is 15.3. The lowest BCUT2D eigenvalue weighted by molar-refractivity contribution is 0.327. The monoisotopic (exact) mass is 259 g/mol. The number of aryl methyl sites for hydroxylation is 1. The van der Waals surface area contributed by atoms with E-state index in [1.807, 2.05) is 6.92 Å². The second-order valence-electron chi connectivity index (χ2n) is 5.18. The Kier molecular flexibility index (Phi) is 4.33. The van der Waals surface area contributed by atoms with Crippen molar-refractivity contribution in [2.45, 2.75) is 32.7 Å². The Bertz CT molecular complexity index is 479. The van der Waals surface area contributed by atoms with Crippen molar-refractivity contribution in [3.05, 3.63) is 17.5 Å². The zero-order valence-electron chi connectivity index (χ0n) is 11.9. The van der Waals surface area contributed by atoms with Gasteiger partial charge in [-0.1, -0.05) is 6.92 Å². The van der Waals surface area contributed by atoms with E-state index in [0.717, 1.165) is 38.2 Å². The number of nitrogens with zero attached hydrogens (tertiary/aromatic N) is 5. The Hall–Kier alpha value is -1.67. The zero-order valence-corrected chi connectivity index (χ0v) is 11.9. The van der Waals surface area contributed by atoms with Crippen molar-refractivity contribution in [1.29, 1.82) is 5.26 Å². The Morgan fingerprint density at radius 1 is 1.42 bits per heavy atom. The van der Waals surface area contributed by atoms with Gasteiger partial charge in [0.25, 0.3) is 0 Å². The molecule has 1 saturated heterocycles. The number of likely N-dealkylation sites (N-methyl/N-ethyl adjacent to an activating group) is 1. The van der Waals surface area contributed by atoms with Gasteiger partial charge in [0.05, 0.1) is 0 Å². The van der Waals surface area contributed by atoms with Crippen LogP contribution in [-0.2, 0) is 0 Å². The summed E-state index contributed by atoms with van der Waals surface area (Å²) < 4.78 is 0. The van der Waals surface area contributed by atoms with Crippen LogP contribution in [0.3, 0.4) is 0 Å². The highest BCUT2D eigenvalue weighted by molar-refractivity contribution is 5.37. The van der Waals surface area contributed by atoms with Crippen molar-refractivity contribution in [3.63, 3.8) is 0 Å². The minimum Gasteiger partial charge on any atom is -0.336 e. The van der Waals surface area contributed by atoms with Crippen LogP contribution in [-0.4, -0.2) is 47.6 Å². The summed E-state index contributed by atoms with van der Waals surface area (Å²) >= 11 is 0. The van der Waals surface area contributed by atoms with E-state index in [9.17, 15) is 0 Å². The van der Waals surface area contributed by atoms with Crippen LogP contribution in [0.5, 0.6) is 0 Å². The van der Waals surface area contributed by atoms with Gasteiger partial charge in [0.1, 0.15) is 11.8 Å². The molecule has 0 spiro atoms. The van der Waals surface area contributed by atoms with E-state index in [1.165, 1.54) is 0 Å². The molecule has 102 valence electrons. The lowest BCUT2D eigenvalue weighted by Crippen LogP contribution is -2.40. The minimum absolute atomic E-state index is 0.417. The van der Waals surface area contributed by atoms with Gasteiger partial charge in [0, 0.05) is 24.8 Å². The molecule has 0 saturated carbocycles. The van der Waals surface area contributed by atoms with E-state index in [-0.39, 0.29) is 0 Å². The molecule has 0 amide bonds. The maximum atomic E-state index is 9.04. The summed E-state index contributed by atoms with van der Waals surface area (Å²) in [4.78, 5) is 13.5. The topological polar surface area (TPSA) is 56.0 Å². The van der Waals surface area contributed by atoms with Gasteiger partial charge in [-0.15, -0.1) is 0 Å². The quantitative estimate of drug-likeness (QED) is 0.807. The van der Waals surface area contributed by atoms with Crippen molar-refractivity contribution in [1.82, 2.24) is 14.9 Å². The molecule has 0 N–H and O–H groups in total. The molecule has 1 aromatic heterocycles. The van der Waals surface area contributed by atoms with E-state index in [4.69, 9.17) is 5.26 Å². The van der Waals surface area contributed by atoms with Crippen molar-refractivity contribution in [2.24, 2.45) is 0 Å². The molecule has 2 rings (SSSR count). The van der Waals surface area contributed by atoms with Crippen LogP contribution < -0.4 is 4.90 Å². The molecule has 1 unspecified atom stereocenters. The first-order chi connectivity index (χ1) is 9.13. The summed E-state index contributed by atoms with van der Waals surface area (Å²) in [6.45, 7) is 7.19. The van der Waals surface area contributed by atoms with Gasteiger partial charge in [-0.2, -0.15) is 5.26 Å². The predicted molar refractivity (Wildman–Crippen MR) is 75.0 cm³/mol. The first-order valence-corrected chi connectivity index (χ1v) is 6.85. The number of rotatable bonds is 2. The highest BCUT2D eigenvalue weighted by Crippen LogP contribution is 2.19. The zero-order chi connectivity index (χ0) is 13.8. The number of nitriles is 1. The second kappa shape index (κ2) is 5.98. The first kappa shape index (κ1) is 13.8. The highest BCUT2D eigenvalue weighted by Gasteiger charge is 2.24. The average molecular weight is 259 g/mol. The fourth-order valence-electron chi connectivity index (χ4n) is 2.59. The molecule has 0 radical (unpaired) electrons. The van der Waals surface area contributed by atoms with Gasteiger partial charge < -0.3 is 9.80 Å². The third-order valence-corrected chi connectivity index (χ3v) is 3.59. The molecule has 1 aliphatic rings. The molecule has 1 atom stereocenters. The maximum Gasteiger partial charge on any atom is 0.227 e. The van der Waals surface area contributed by atoms with Gasteiger partial charge >= 0.3 is 0 Å². The fourth-order valence-corrected chi connectivity index (χ4v) is 2.59. The van der Waals surface area contributed by atoms with Crippen molar-refractivity contribution in [3.8, 4) is 6.07 Å². The standard InChI is InChI=1S/C14H21N5/c1-4-13-10-18(3)6-5-7-19(13)14-16-11(2)8-12(9-15)17-14/h8,13H,4-7,10H2,1-3H3. The number of hydrogen-bond acceptors (Lipinski definition) is 5. The normalized spacial score (nSPS) is 20.9. The van der Waals surface area contributed by atoms with Gasteiger partial charge in [0.2, 0.25) is 5.95 Å². The second-order valence-corrected chi connectivity index (χ2v) is 5.18. The number of anilines is 1. The largest absolute Gasteiger partial charge is 0.336 e. The van der Waals surface area contributed by atoms with Gasteiger partial charge in [-0.25, -0.2) is 9.97 Å². The maximum absolute atomic E-state index is 9.04. The molecule has 0 bridgehead atoms. The molecule has 1 aliphatic heterocycles. The van der Waals surface area contributed by atoms with Crippen LogP contribution in [0.4, 0.5) is 5.95 Å². The van der Waals surface area contributed by atoms with Crippen molar-refractivity contribution >= 4 is 5.95 Å². The molecule has 1 fully saturated rings. The van der Waals surface area contributed by atoms with E-state index >= 15 is 0 Å². The van der Waals surface area contributed by atoms with Gasteiger partial charge in [-0.05, 0) is 39.4 Å². The smallest absolute Gasteiger partial charge is 0.227 e. The van der Waals surface area contributed by atoms with Crippen molar-refractivity contribution < 1.29 is 0 Å². The Morgan fingerprint density at radius 3 is 2.89 bits per heavy atom. The molecule has 0 aromatic carbocycles. The van der Waals surface area contributed by atoms with E-state index in [0.29, 0.717) is 17.7 Å². The molecular formula is C14H21N5. The van der Waals surface area contributed by atoms with Crippen LogP contribution in [0.1, 0.15) is 31.2 Å². The Labute approximate surface area is 114 Å². The summed E-state index contributed by atoms with van der Waals surface area (Å²) in [7, 11) is 2.16. The number of aromatic nitrogens is 2. The van der Waals surface area contributed by atoms with Gasteiger partial charge in [-0.3, -0.25) is 0 Å². The van der Waals surface area contributed by atoms with Crippen LogP contribution in [0.25, 0.3) is 0 Å². The molecule has 1 aromatic rings. The van der Waals surface area contributed by atoms with E-state index in [1.54, 1.807) is 6.07 Å². The number of hydrogen-bond donors (Lipinski definition) is 0. The fraction of sp³-hybridized carbons (Fsp3) is 0.643. The molecular weight excluding hydrogens is 238 g/mol. The third kappa shape index (κ3) is 3.21. The molecule has 19 heavy (non-hydrogen) atoms. The third-order valence-electron chi connectivity index (χ3n) is 3.59. The van der Waals surface area contributed by atoms with E-state index in [2.05, 4.69) is 39.8 Å². The average Bonchev–Trinajstić information content (AvgIpc) is 2.59. The summed E-state index contributed by atoms with van der Waals surface area (Å²) in [6, 6.07) is 4.26. The lowest BCUT2D eigenvalue weighted by atomic mass is 10.2. The molecule has 2 heterocycles. The molecule has 5 nitrogen and oxygen atoms in total. The predicted octanol–water partition coefficient (Wildman–Crippen LogP) is 1.58. The van der Waals surface area contributed by atoms with Gasteiger partial charge in [0.15, 0.2) is 0 Å². The van der Waals surface area contributed by atoms with Crippen LogP contribution in [0, 0.1) is 18.3 Å². The first-order valence-electron chi connectivity index (χ1n) is 6.85. The van der Waals surface area contributed by atoms with E-state index < -0.39 is 0 Å². The Balaban J connectivity index is 2.32. The summed E-state index contributed by atoms with van der Waals surface area (Å²) in [5.41, 5.74) is 1.31. The van der Waals surface area contributed by atoms with Crippen LogP contribution in [0.2, 0.25) is 0 Å². The molecule has 5 heteroatoms. The summed E-state index contributed by atoms with van der Waals surface area (Å²) in [5, 5.41) is 9.04. The Morgan fingerprint density at radius 2 is 2.21 bits per heavy atom. The minimum atomic E-state index is 0.417. The molecule has 0 aliphatic carbocycles. The SMILES string of the molecule is CCC1CN(C)CCCN1c1nc(C)cc(C#N)n1. The van der Waals surface area contributed by atoms with Crippen LogP contribution in [0.15, 0.2) is 6.07 Å². The lowest BCUT2D eigenvalue weighted by Gasteiger charge is -2.30. The van der Waals surface area contributed by atoms with Crippen LogP contribution >= 0.6 is 0 Å².